The second kappa shape index (κ2) is 14.2. The van der Waals surface area contributed by atoms with Gasteiger partial charge in [-0.25, -0.2) is 0 Å². The number of fused-ring (bicyclic) bond motifs is 7. The highest BCUT2D eigenvalue weighted by molar-refractivity contribution is 6.01. The fourth-order valence-corrected chi connectivity index (χ4v) is 13.4. The van der Waals surface area contributed by atoms with Gasteiger partial charge in [0.2, 0.25) is 0 Å². The minimum Gasteiger partial charge on any atom is -0.481 e. The summed E-state index contributed by atoms with van der Waals surface area (Å²) in [6.45, 7) is 20.1. The van der Waals surface area contributed by atoms with Crippen LogP contribution in [0.2, 0.25) is 0 Å². The number of Topliss-reactive ketones (excluding diaryl/α,β-unsaturated/α-hetero) is 1. The van der Waals surface area contributed by atoms with E-state index in [0.29, 0.717) is 24.8 Å². The predicted molar refractivity (Wildman–Crippen MR) is 209 cm³/mol. The molecular formula is C46H67NO7. The van der Waals surface area contributed by atoms with Gasteiger partial charge in [-0.3, -0.25) is 19.2 Å². The molecule has 1 aromatic rings. The number of nitrogens with one attached hydrogen (secondary N) is 1. The Morgan fingerprint density at radius 2 is 1.57 bits per heavy atom. The molecule has 0 amide bonds. The van der Waals surface area contributed by atoms with Crippen molar-refractivity contribution in [2.45, 2.75) is 145 Å². The molecule has 0 heterocycles. The summed E-state index contributed by atoms with van der Waals surface area (Å²) in [4.78, 5) is 52.8. The lowest BCUT2D eigenvalue weighted by molar-refractivity contribution is -0.235. The second-order valence-corrected chi connectivity index (χ2v) is 20.3. The second-order valence-electron chi connectivity index (χ2n) is 20.3. The summed E-state index contributed by atoms with van der Waals surface area (Å²) >= 11 is 0. The fourth-order valence-electron chi connectivity index (χ4n) is 13.4. The van der Waals surface area contributed by atoms with Crippen molar-refractivity contribution in [1.82, 2.24) is 5.32 Å². The van der Waals surface area contributed by atoms with Crippen molar-refractivity contribution in [3.8, 4) is 0 Å². The number of hydrogen-bond acceptors (Lipinski definition) is 7. The highest BCUT2D eigenvalue weighted by atomic mass is 16.5. The van der Waals surface area contributed by atoms with Crippen LogP contribution in [0.25, 0.3) is 0 Å². The third-order valence-electron chi connectivity index (χ3n) is 16.3. The number of benzene rings is 1. The average Bonchev–Trinajstić information content (AvgIpc) is 3.39. The molecule has 9 atom stereocenters. The van der Waals surface area contributed by atoms with E-state index in [9.17, 15) is 24.3 Å². The minimum absolute atomic E-state index is 0.0294. The molecule has 9 unspecified atom stereocenters. The summed E-state index contributed by atoms with van der Waals surface area (Å²) in [7, 11) is 1.91. The number of ketones is 1. The number of carboxylic acids is 1. The molecule has 0 aromatic heterocycles. The van der Waals surface area contributed by atoms with Crippen LogP contribution in [0.15, 0.2) is 41.5 Å². The largest absolute Gasteiger partial charge is 0.481 e. The zero-order chi connectivity index (χ0) is 39.6. The van der Waals surface area contributed by atoms with Gasteiger partial charge in [0.1, 0.15) is 12.2 Å². The third kappa shape index (κ3) is 6.38. The molecule has 0 bridgehead atoms. The molecule has 0 spiro atoms. The Balaban J connectivity index is 1.30. The van der Waals surface area contributed by atoms with Gasteiger partial charge in [-0.1, -0.05) is 78.8 Å². The van der Waals surface area contributed by atoms with Crippen molar-refractivity contribution in [3.63, 3.8) is 0 Å². The van der Waals surface area contributed by atoms with E-state index >= 15 is 0 Å². The van der Waals surface area contributed by atoms with E-state index < -0.39 is 28.9 Å². The molecule has 4 saturated carbocycles. The molecule has 54 heavy (non-hydrogen) atoms. The first-order valence-electron chi connectivity index (χ1n) is 20.8. The number of aliphatic carboxylic acids is 1. The van der Waals surface area contributed by atoms with E-state index in [1.807, 2.05) is 37.4 Å². The number of carbonyl (C=O) groups is 4. The van der Waals surface area contributed by atoms with Crippen molar-refractivity contribution >= 4 is 23.7 Å². The van der Waals surface area contributed by atoms with E-state index in [4.69, 9.17) is 9.47 Å². The van der Waals surface area contributed by atoms with Crippen LogP contribution < -0.4 is 5.32 Å². The first-order chi connectivity index (χ1) is 25.2. The van der Waals surface area contributed by atoms with Gasteiger partial charge < -0.3 is 19.9 Å². The Hall–Kier alpha value is -3.00. The number of allylic oxidation sites excluding steroid dienone is 1. The Morgan fingerprint density at radius 1 is 0.889 bits per heavy atom. The SMILES string of the molecule is CNCC(OC(=O)Cc1ccccc1)C12CCC3(C)C(CCC4C5(C)CCC(OC(=O)CC(C)(C)C(=O)O)C(C)(C)C5CCC43C)C1=C(C(C)C)C(=O)C2. The third-order valence-corrected chi connectivity index (χ3v) is 16.3. The minimum atomic E-state index is -1.17. The van der Waals surface area contributed by atoms with Crippen molar-refractivity contribution < 1.29 is 33.8 Å². The van der Waals surface area contributed by atoms with Crippen LogP contribution in [0.1, 0.15) is 132 Å². The van der Waals surface area contributed by atoms with Crippen LogP contribution in [0.4, 0.5) is 0 Å². The summed E-state index contributed by atoms with van der Waals surface area (Å²) in [6.07, 6.45) is 7.50. The Morgan fingerprint density at radius 3 is 2.20 bits per heavy atom. The lowest BCUT2D eigenvalue weighted by atomic mass is 9.33. The summed E-state index contributed by atoms with van der Waals surface area (Å²) in [5.74, 6) is -0.295. The number of rotatable bonds is 11. The maximum absolute atomic E-state index is 14.3. The molecule has 0 saturated heterocycles. The lowest BCUT2D eigenvalue weighted by Gasteiger charge is -2.72. The molecule has 5 aliphatic rings. The zero-order valence-electron chi connectivity index (χ0n) is 34.7. The maximum Gasteiger partial charge on any atom is 0.310 e. The molecule has 298 valence electrons. The van der Waals surface area contributed by atoms with Crippen LogP contribution in [0.3, 0.4) is 0 Å². The van der Waals surface area contributed by atoms with Gasteiger partial charge in [0.15, 0.2) is 5.78 Å². The number of likely N-dealkylation sites (N-methyl/N-ethyl adjacent to an activating group) is 1. The van der Waals surface area contributed by atoms with Crippen LogP contribution in [-0.4, -0.2) is 54.6 Å². The summed E-state index contributed by atoms with van der Waals surface area (Å²) < 4.78 is 12.7. The van der Waals surface area contributed by atoms with Gasteiger partial charge >= 0.3 is 17.9 Å². The van der Waals surface area contributed by atoms with E-state index in [1.165, 1.54) is 5.57 Å². The smallest absolute Gasteiger partial charge is 0.310 e. The molecule has 5 aliphatic carbocycles. The van der Waals surface area contributed by atoms with Crippen molar-refractivity contribution in [1.29, 1.82) is 0 Å². The number of carbonyl (C=O) groups excluding carboxylic acids is 3. The van der Waals surface area contributed by atoms with Crippen molar-refractivity contribution in [2.75, 3.05) is 13.6 Å². The molecule has 8 heteroatoms. The van der Waals surface area contributed by atoms with E-state index in [0.717, 1.165) is 62.5 Å². The van der Waals surface area contributed by atoms with Crippen LogP contribution >= 0.6 is 0 Å². The normalized spacial score (nSPS) is 36.4. The highest BCUT2D eigenvalue weighted by Crippen LogP contribution is 2.77. The van der Waals surface area contributed by atoms with Gasteiger partial charge in [0, 0.05) is 23.8 Å². The van der Waals surface area contributed by atoms with Crippen molar-refractivity contribution in [2.24, 2.45) is 56.2 Å². The molecule has 0 aliphatic heterocycles. The summed E-state index contributed by atoms with van der Waals surface area (Å²) in [6, 6.07) is 9.74. The van der Waals surface area contributed by atoms with E-state index in [-0.39, 0.29) is 64.2 Å². The fraction of sp³-hybridized carbons (Fsp3) is 0.739. The van der Waals surface area contributed by atoms with Gasteiger partial charge in [-0.05, 0) is 129 Å². The van der Waals surface area contributed by atoms with Crippen LogP contribution in [0, 0.1) is 56.2 Å². The molecule has 8 nitrogen and oxygen atoms in total. The van der Waals surface area contributed by atoms with Gasteiger partial charge in [0.05, 0.1) is 18.3 Å². The van der Waals surface area contributed by atoms with E-state index in [1.54, 1.807) is 13.8 Å². The van der Waals surface area contributed by atoms with Gasteiger partial charge in [0.25, 0.3) is 0 Å². The standard InChI is InChI=1S/C46H67NO7/c1-28(2)38-31(48)25-46(35(27-47-10)54-36(49)24-29-14-12-11-13-15-29)23-22-44(8)30(39(38)46)16-17-33-43(7)20-19-34(53-37(50)26-41(3,4)40(51)52)42(5,6)32(43)18-21-45(33,44)9/h11-15,28,30,32-35,47H,16-27H2,1-10H3,(H,51,52). The van der Waals surface area contributed by atoms with E-state index in [2.05, 4.69) is 53.8 Å². The molecular weight excluding hydrogens is 679 g/mol. The van der Waals surface area contributed by atoms with Crippen LogP contribution in [0.5, 0.6) is 0 Å². The highest BCUT2D eigenvalue weighted by Gasteiger charge is 2.71. The van der Waals surface area contributed by atoms with Crippen LogP contribution in [-0.2, 0) is 35.1 Å². The molecule has 1 aromatic carbocycles. The van der Waals surface area contributed by atoms with Gasteiger partial charge in [-0.2, -0.15) is 0 Å². The maximum atomic E-state index is 14.3. The summed E-state index contributed by atoms with van der Waals surface area (Å²) in [5.41, 5.74) is 1.31. The Bertz CT molecular complexity index is 1680. The molecule has 4 fully saturated rings. The predicted octanol–water partition coefficient (Wildman–Crippen LogP) is 8.75. The summed E-state index contributed by atoms with van der Waals surface area (Å²) in [5, 5.41) is 13.0. The Kier molecular flexibility index (Phi) is 10.7. The number of carboxylic acid groups (broad SMARTS) is 1. The zero-order valence-corrected chi connectivity index (χ0v) is 34.7. The first-order valence-corrected chi connectivity index (χ1v) is 20.8. The topological polar surface area (TPSA) is 119 Å². The number of ether oxygens (including phenoxy) is 2. The first kappa shape index (κ1) is 40.7. The quantitative estimate of drug-likeness (QED) is 0.216. The number of hydrogen-bond donors (Lipinski definition) is 2. The Labute approximate surface area is 324 Å². The number of esters is 2. The molecule has 6 rings (SSSR count). The lowest BCUT2D eigenvalue weighted by Crippen LogP contribution is -2.66. The average molecular weight is 746 g/mol. The van der Waals surface area contributed by atoms with Crippen molar-refractivity contribution in [3.05, 3.63) is 47.0 Å². The molecule has 0 radical (unpaired) electrons. The molecule has 2 N–H and O–H groups in total. The van der Waals surface area contributed by atoms with Gasteiger partial charge in [-0.15, -0.1) is 0 Å². The monoisotopic (exact) mass is 745 g/mol.